The number of rotatable bonds is 6. The Morgan fingerprint density at radius 2 is 2.00 bits per heavy atom. The zero-order chi connectivity index (χ0) is 12.8. The first-order chi connectivity index (χ1) is 8.00. The minimum absolute atomic E-state index is 0.262. The second kappa shape index (κ2) is 6.62. The van der Waals surface area contributed by atoms with Crippen molar-refractivity contribution in [2.45, 2.75) is 25.8 Å². The number of nitrogens with zero attached hydrogens (tertiary/aromatic N) is 1. The lowest BCUT2D eigenvalue weighted by Gasteiger charge is -2.25. The van der Waals surface area contributed by atoms with Crippen LogP contribution in [-0.2, 0) is 0 Å². The third kappa shape index (κ3) is 4.75. The first kappa shape index (κ1) is 14.0. The van der Waals surface area contributed by atoms with Crippen molar-refractivity contribution < 1.29 is 0 Å². The largest absolute Gasteiger partial charge is 0.388 e. The molecular formula is C13H20ClN3. The monoisotopic (exact) mass is 253 g/mol. The molecule has 4 heteroatoms. The second-order valence-electron chi connectivity index (χ2n) is 4.34. The average Bonchev–Trinajstić information content (AvgIpc) is 2.28. The van der Waals surface area contributed by atoms with Crippen LogP contribution in [-0.4, -0.2) is 24.3 Å². The van der Waals surface area contributed by atoms with Gasteiger partial charge in [-0.3, -0.25) is 10.3 Å². The van der Waals surface area contributed by atoms with Gasteiger partial charge in [-0.25, -0.2) is 0 Å². The number of hydrogen-bond donors (Lipinski definition) is 2. The van der Waals surface area contributed by atoms with Gasteiger partial charge in [-0.15, -0.1) is 0 Å². The Morgan fingerprint density at radius 1 is 1.41 bits per heavy atom. The fourth-order valence-corrected chi connectivity index (χ4v) is 1.83. The molecule has 0 saturated carbocycles. The van der Waals surface area contributed by atoms with Crippen LogP contribution < -0.4 is 5.73 Å². The zero-order valence-electron chi connectivity index (χ0n) is 10.4. The molecule has 0 spiro atoms. The molecular weight excluding hydrogens is 234 g/mol. The van der Waals surface area contributed by atoms with E-state index in [0.29, 0.717) is 12.5 Å². The lowest BCUT2D eigenvalue weighted by molar-refractivity contribution is 0.260. The van der Waals surface area contributed by atoms with Crippen LogP contribution in [0.3, 0.4) is 0 Å². The van der Waals surface area contributed by atoms with E-state index in [1.165, 1.54) is 5.56 Å². The zero-order valence-corrected chi connectivity index (χ0v) is 11.2. The molecule has 1 unspecified atom stereocenters. The summed E-state index contributed by atoms with van der Waals surface area (Å²) >= 11 is 5.86. The molecule has 0 amide bonds. The molecule has 0 aliphatic rings. The summed E-state index contributed by atoms with van der Waals surface area (Å²) in [5.74, 6) is 0.262. The average molecular weight is 254 g/mol. The minimum atomic E-state index is 0.262. The molecule has 0 bridgehead atoms. The number of nitrogens with two attached hydrogens (primary N) is 1. The van der Waals surface area contributed by atoms with Gasteiger partial charge in [0.1, 0.15) is 0 Å². The van der Waals surface area contributed by atoms with E-state index in [1.54, 1.807) is 0 Å². The SMILES string of the molecule is CC(c1ccc(Cl)cc1)N(C)CCCC(=N)N. The van der Waals surface area contributed by atoms with Crippen LogP contribution in [0, 0.1) is 5.41 Å². The second-order valence-corrected chi connectivity index (χ2v) is 4.77. The van der Waals surface area contributed by atoms with E-state index >= 15 is 0 Å². The Kier molecular flexibility index (Phi) is 5.45. The topological polar surface area (TPSA) is 53.1 Å². The van der Waals surface area contributed by atoms with Crippen LogP contribution in [0.25, 0.3) is 0 Å². The number of amidine groups is 1. The third-order valence-electron chi connectivity index (χ3n) is 2.97. The summed E-state index contributed by atoms with van der Waals surface area (Å²) in [6, 6.07) is 8.27. The molecule has 1 rings (SSSR count). The van der Waals surface area contributed by atoms with Gasteiger partial charge in [0.25, 0.3) is 0 Å². The molecule has 0 aliphatic heterocycles. The summed E-state index contributed by atoms with van der Waals surface area (Å²) < 4.78 is 0. The van der Waals surface area contributed by atoms with E-state index in [0.717, 1.165) is 18.0 Å². The highest BCUT2D eigenvalue weighted by atomic mass is 35.5. The highest BCUT2D eigenvalue weighted by Gasteiger charge is 2.10. The summed E-state index contributed by atoms with van der Waals surface area (Å²) in [5, 5.41) is 7.94. The van der Waals surface area contributed by atoms with Crippen LogP contribution in [0.5, 0.6) is 0 Å². The van der Waals surface area contributed by atoms with Gasteiger partial charge in [-0.1, -0.05) is 23.7 Å². The Bertz CT molecular complexity index is 361. The molecule has 0 aliphatic carbocycles. The van der Waals surface area contributed by atoms with Crippen molar-refractivity contribution in [3.63, 3.8) is 0 Å². The molecule has 3 N–H and O–H groups in total. The lowest BCUT2D eigenvalue weighted by atomic mass is 10.1. The summed E-state index contributed by atoms with van der Waals surface area (Å²) in [5.41, 5.74) is 6.58. The summed E-state index contributed by atoms with van der Waals surface area (Å²) in [6.07, 6.45) is 1.58. The minimum Gasteiger partial charge on any atom is -0.388 e. The Hall–Kier alpha value is -1.06. The van der Waals surface area contributed by atoms with Crippen LogP contribution in [0.2, 0.25) is 5.02 Å². The van der Waals surface area contributed by atoms with Crippen molar-refractivity contribution in [2.75, 3.05) is 13.6 Å². The molecule has 17 heavy (non-hydrogen) atoms. The van der Waals surface area contributed by atoms with Gasteiger partial charge < -0.3 is 5.73 Å². The van der Waals surface area contributed by atoms with Gasteiger partial charge in [-0.2, -0.15) is 0 Å². The fraction of sp³-hybridized carbons (Fsp3) is 0.462. The Labute approximate surface area is 108 Å². The first-order valence-corrected chi connectivity index (χ1v) is 6.17. The van der Waals surface area contributed by atoms with E-state index in [9.17, 15) is 0 Å². The fourth-order valence-electron chi connectivity index (χ4n) is 1.71. The van der Waals surface area contributed by atoms with Crippen LogP contribution in [0.1, 0.15) is 31.4 Å². The van der Waals surface area contributed by atoms with Crippen molar-refractivity contribution in [3.8, 4) is 0 Å². The van der Waals surface area contributed by atoms with Crippen molar-refractivity contribution in [1.29, 1.82) is 5.41 Å². The molecule has 3 nitrogen and oxygen atoms in total. The number of halogens is 1. The van der Waals surface area contributed by atoms with Gasteiger partial charge in [0.05, 0.1) is 5.84 Å². The van der Waals surface area contributed by atoms with E-state index in [4.69, 9.17) is 22.7 Å². The molecule has 0 aromatic heterocycles. The highest BCUT2D eigenvalue weighted by Crippen LogP contribution is 2.20. The van der Waals surface area contributed by atoms with Gasteiger partial charge >= 0.3 is 0 Å². The smallest absolute Gasteiger partial charge is 0.0905 e. The van der Waals surface area contributed by atoms with Crippen LogP contribution >= 0.6 is 11.6 Å². The summed E-state index contributed by atoms with van der Waals surface area (Å²) in [4.78, 5) is 2.26. The lowest BCUT2D eigenvalue weighted by Crippen LogP contribution is -2.24. The number of benzene rings is 1. The maximum absolute atomic E-state index is 7.18. The number of nitrogens with one attached hydrogen (secondary N) is 1. The van der Waals surface area contributed by atoms with Crippen molar-refractivity contribution in [1.82, 2.24) is 4.90 Å². The Morgan fingerprint density at radius 3 is 2.53 bits per heavy atom. The van der Waals surface area contributed by atoms with E-state index in [-0.39, 0.29) is 5.84 Å². The normalized spacial score (nSPS) is 12.7. The van der Waals surface area contributed by atoms with E-state index < -0.39 is 0 Å². The van der Waals surface area contributed by atoms with Crippen LogP contribution in [0.4, 0.5) is 0 Å². The predicted octanol–water partition coefficient (Wildman–Crippen LogP) is 3.05. The summed E-state index contributed by atoms with van der Waals surface area (Å²) in [7, 11) is 2.08. The molecule has 1 aromatic rings. The van der Waals surface area contributed by atoms with Gasteiger partial charge in [-0.05, 0) is 44.6 Å². The summed E-state index contributed by atoms with van der Waals surface area (Å²) in [6.45, 7) is 3.10. The molecule has 0 fully saturated rings. The number of hydrogen-bond acceptors (Lipinski definition) is 2. The standard InChI is InChI=1S/C13H20ClN3/c1-10(11-5-7-12(14)8-6-11)17(2)9-3-4-13(15)16/h5-8,10H,3-4,9H2,1-2H3,(H3,15,16). The first-order valence-electron chi connectivity index (χ1n) is 5.79. The van der Waals surface area contributed by atoms with Crippen molar-refractivity contribution in [2.24, 2.45) is 5.73 Å². The molecule has 94 valence electrons. The van der Waals surface area contributed by atoms with E-state index in [2.05, 4.69) is 31.0 Å². The van der Waals surface area contributed by atoms with Crippen LogP contribution in [0.15, 0.2) is 24.3 Å². The molecule has 0 saturated heterocycles. The van der Waals surface area contributed by atoms with Crippen molar-refractivity contribution >= 4 is 17.4 Å². The van der Waals surface area contributed by atoms with E-state index in [1.807, 2.05) is 12.1 Å². The maximum Gasteiger partial charge on any atom is 0.0905 e. The highest BCUT2D eigenvalue weighted by molar-refractivity contribution is 6.30. The third-order valence-corrected chi connectivity index (χ3v) is 3.22. The Balaban J connectivity index is 2.48. The molecule has 0 radical (unpaired) electrons. The molecule has 1 aromatic carbocycles. The van der Waals surface area contributed by atoms with Gasteiger partial charge in [0.15, 0.2) is 0 Å². The maximum atomic E-state index is 7.18. The quantitative estimate of drug-likeness (QED) is 0.605. The molecule has 1 atom stereocenters. The predicted molar refractivity (Wildman–Crippen MR) is 73.6 cm³/mol. The van der Waals surface area contributed by atoms with Crippen molar-refractivity contribution in [3.05, 3.63) is 34.9 Å². The molecule has 0 heterocycles. The van der Waals surface area contributed by atoms with Gasteiger partial charge in [0.2, 0.25) is 0 Å². The van der Waals surface area contributed by atoms with Gasteiger partial charge in [0, 0.05) is 17.5 Å².